The van der Waals surface area contributed by atoms with E-state index in [-0.39, 0.29) is 0 Å². The summed E-state index contributed by atoms with van der Waals surface area (Å²) in [6.07, 6.45) is 4.56. The van der Waals surface area contributed by atoms with Crippen LogP contribution in [0.5, 0.6) is 0 Å². The fourth-order valence-electron chi connectivity index (χ4n) is 4.21. The average molecular weight is 349 g/mol. The molecule has 0 saturated heterocycles. The molecule has 0 amide bonds. The predicted octanol–water partition coefficient (Wildman–Crippen LogP) is 6.73. The van der Waals surface area contributed by atoms with Crippen LogP contribution in [0.2, 0.25) is 0 Å². The molecule has 0 radical (unpaired) electrons. The summed E-state index contributed by atoms with van der Waals surface area (Å²) in [5.41, 5.74) is 10.8. The number of hydrogen-bond donors (Lipinski definition) is 0. The lowest BCUT2D eigenvalue weighted by Crippen LogP contribution is -2.05. The molecule has 132 valence electrons. The molecule has 1 aromatic heterocycles. The Morgan fingerprint density at radius 3 is 2.11 bits per heavy atom. The topological polar surface area (TPSA) is 4.93 Å². The first kappa shape index (κ1) is 16.1. The van der Waals surface area contributed by atoms with Crippen LogP contribution in [-0.4, -0.2) is 4.57 Å². The van der Waals surface area contributed by atoms with Crippen molar-refractivity contribution in [3.8, 4) is 5.69 Å². The van der Waals surface area contributed by atoms with E-state index in [0.29, 0.717) is 0 Å². The second kappa shape index (κ2) is 6.28. The maximum absolute atomic E-state index is 2.45. The lowest BCUT2D eigenvalue weighted by Gasteiger charge is -2.18. The van der Waals surface area contributed by atoms with Crippen LogP contribution >= 0.6 is 0 Å². The van der Waals surface area contributed by atoms with Gasteiger partial charge >= 0.3 is 0 Å². The van der Waals surface area contributed by atoms with Crippen molar-refractivity contribution in [1.29, 1.82) is 0 Å². The summed E-state index contributed by atoms with van der Waals surface area (Å²) in [5.74, 6) is 0. The lowest BCUT2D eigenvalue weighted by atomic mass is 9.91. The molecular formula is C26H23N. The molecule has 0 N–H and O–H groups in total. The third kappa shape index (κ3) is 2.71. The standard InChI is InChI=1S/C26H23N/c1-18-7-11-20(12-8-18)21-13-16-26-24(17-21)23-5-3-4-6-25(23)27(26)22-14-9-19(2)10-15-22/h3-12,14-15,17H,13,16H2,1-2H3. The first-order valence-corrected chi connectivity index (χ1v) is 9.68. The molecule has 0 fully saturated rings. The van der Waals surface area contributed by atoms with Crippen molar-refractivity contribution < 1.29 is 0 Å². The molecule has 0 bridgehead atoms. The minimum absolute atomic E-state index is 1.07. The van der Waals surface area contributed by atoms with E-state index in [1.54, 1.807) is 0 Å². The van der Waals surface area contributed by atoms with E-state index in [9.17, 15) is 0 Å². The Morgan fingerprint density at radius 1 is 0.704 bits per heavy atom. The van der Waals surface area contributed by atoms with Crippen molar-refractivity contribution in [1.82, 2.24) is 4.57 Å². The maximum atomic E-state index is 2.45. The summed E-state index contributed by atoms with van der Waals surface area (Å²) in [4.78, 5) is 0. The second-order valence-electron chi connectivity index (χ2n) is 7.58. The molecule has 5 rings (SSSR count). The summed E-state index contributed by atoms with van der Waals surface area (Å²) in [7, 11) is 0. The van der Waals surface area contributed by atoms with Gasteiger partial charge in [-0.3, -0.25) is 0 Å². The van der Waals surface area contributed by atoms with E-state index in [1.807, 2.05) is 0 Å². The number of allylic oxidation sites excluding steroid dienone is 1. The number of para-hydroxylation sites is 1. The Bertz CT molecular complexity index is 1160. The van der Waals surface area contributed by atoms with Crippen LogP contribution in [0.3, 0.4) is 0 Å². The van der Waals surface area contributed by atoms with Gasteiger partial charge in [0, 0.05) is 22.3 Å². The SMILES string of the molecule is Cc1ccc(C2=Cc3c(n(-c4ccc(C)cc4)c4ccccc34)CC2)cc1. The molecular weight excluding hydrogens is 326 g/mol. The maximum Gasteiger partial charge on any atom is 0.0537 e. The van der Waals surface area contributed by atoms with Crippen LogP contribution in [0.25, 0.3) is 28.2 Å². The molecule has 27 heavy (non-hydrogen) atoms. The van der Waals surface area contributed by atoms with Crippen molar-refractivity contribution in [3.05, 3.63) is 101 Å². The molecule has 1 heteroatoms. The first-order valence-electron chi connectivity index (χ1n) is 9.68. The highest BCUT2D eigenvalue weighted by atomic mass is 15.0. The zero-order chi connectivity index (χ0) is 18.4. The molecule has 1 aliphatic carbocycles. The third-order valence-electron chi connectivity index (χ3n) is 5.68. The largest absolute Gasteiger partial charge is 0.313 e. The number of aryl methyl sites for hydroxylation is 2. The van der Waals surface area contributed by atoms with Crippen LogP contribution < -0.4 is 0 Å². The Hall–Kier alpha value is -3.06. The number of aromatic nitrogens is 1. The molecule has 1 heterocycles. The molecule has 4 aromatic rings. The Balaban J connectivity index is 1.73. The Morgan fingerprint density at radius 2 is 1.37 bits per heavy atom. The van der Waals surface area contributed by atoms with Gasteiger partial charge < -0.3 is 4.57 Å². The van der Waals surface area contributed by atoms with Gasteiger partial charge in [-0.1, -0.05) is 65.7 Å². The van der Waals surface area contributed by atoms with Gasteiger partial charge in [0.2, 0.25) is 0 Å². The van der Waals surface area contributed by atoms with E-state index in [0.717, 1.165) is 12.8 Å². The van der Waals surface area contributed by atoms with Crippen LogP contribution in [0.4, 0.5) is 0 Å². The van der Waals surface area contributed by atoms with Gasteiger partial charge in [-0.25, -0.2) is 0 Å². The minimum Gasteiger partial charge on any atom is -0.313 e. The number of benzene rings is 3. The fourth-order valence-corrected chi connectivity index (χ4v) is 4.21. The molecule has 0 saturated carbocycles. The van der Waals surface area contributed by atoms with Crippen LogP contribution in [-0.2, 0) is 6.42 Å². The van der Waals surface area contributed by atoms with Crippen LogP contribution in [0.1, 0.15) is 34.4 Å². The highest BCUT2D eigenvalue weighted by molar-refractivity contribution is 5.98. The molecule has 0 aliphatic heterocycles. The number of rotatable bonds is 2. The van der Waals surface area contributed by atoms with Crippen molar-refractivity contribution >= 4 is 22.6 Å². The summed E-state index contributed by atoms with van der Waals surface area (Å²) >= 11 is 0. The molecule has 0 spiro atoms. The van der Waals surface area contributed by atoms with Crippen molar-refractivity contribution in [3.63, 3.8) is 0 Å². The van der Waals surface area contributed by atoms with E-state index in [1.165, 1.54) is 50.1 Å². The Kier molecular flexibility index (Phi) is 3.75. The molecule has 1 aliphatic rings. The van der Waals surface area contributed by atoms with Crippen molar-refractivity contribution in [2.75, 3.05) is 0 Å². The van der Waals surface area contributed by atoms with Gasteiger partial charge in [-0.15, -0.1) is 0 Å². The number of hydrogen-bond acceptors (Lipinski definition) is 0. The van der Waals surface area contributed by atoms with Crippen LogP contribution in [0.15, 0.2) is 72.8 Å². The summed E-state index contributed by atoms with van der Waals surface area (Å²) in [6, 6.07) is 26.6. The van der Waals surface area contributed by atoms with E-state index < -0.39 is 0 Å². The molecule has 3 aromatic carbocycles. The highest BCUT2D eigenvalue weighted by Gasteiger charge is 2.21. The Labute approximate surface area is 160 Å². The van der Waals surface area contributed by atoms with Gasteiger partial charge in [0.15, 0.2) is 0 Å². The molecule has 0 unspecified atom stereocenters. The summed E-state index contributed by atoms with van der Waals surface area (Å²) in [5, 5.41) is 1.34. The summed E-state index contributed by atoms with van der Waals surface area (Å²) < 4.78 is 2.45. The first-order chi connectivity index (χ1) is 13.2. The third-order valence-corrected chi connectivity index (χ3v) is 5.68. The highest BCUT2D eigenvalue weighted by Crippen LogP contribution is 2.38. The van der Waals surface area contributed by atoms with Gasteiger partial charge in [0.1, 0.15) is 0 Å². The van der Waals surface area contributed by atoms with E-state index in [4.69, 9.17) is 0 Å². The van der Waals surface area contributed by atoms with Crippen molar-refractivity contribution in [2.24, 2.45) is 0 Å². The second-order valence-corrected chi connectivity index (χ2v) is 7.58. The average Bonchev–Trinajstić information content (AvgIpc) is 3.03. The molecule has 1 nitrogen and oxygen atoms in total. The number of nitrogens with zero attached hydrogens (tertiary/aromatic N) is 1. The molecule has 0 atom stereocenters. The predicted molar refractivity (Wildman–Crippen MR) is 115 cm³/mol. The monoisotopic (exact) mass is 349 g/mol. The van der Waals surface area contributed by atoms with E-state index in [2.05, 4.69) is 97.3 Å². The smallest absolute Gasteiger partial charge is 0.0537 e. The van der Waals surface area contributed by atoms with Crippen molar-refractivity contribution in [2.45, 2.75) is 26.7 Å². The lowest BCUT2D eigenvalue weighted by molar-refractivity contribution is 0.897. The van der Waals surface area contributed by atoms with Gasteiger partial charge in [0.25, 0.3) is 0 Å². The quantitative estimate of drug-likeness (QED) is 0.378. The normalized spacial score (nSPS) is 13.5. The zero-order valence-corrected chi connectivity index (χ0v) is 15.9. The van der Waals surface area contributed by atoms with Gasteiger partial charge in [-0.2, -0.15) is 0 Å². The van der Waals surface area contributed by atoms with Gasteiger partial charge in [0.05, 0.1) is 5.52 Å². The fraction of sp³-hybridized carbons (Fsp3) is 0.154. The number of fused-ring (bicyclic) bond motifs is 3. The minimum atomic E-state index is 1.07. The van der Waals surface area contributed by atoms with E-state index >= 15 is 0 Å². The summed E-state index contributed by atoms with van der Waals surface area (Å²) in [6.45, 7) is 4.29. The van der Waals surface area contributed by atoms with Crippen LogP contribution in [0, 0.1) is 13.8 Å². The zero-order valence-electron chi connectivity index (χ0n) is 15.9. The van der Waals surface area contributed by atoms with Gasteiger partial charge in [-0.05, 0) is 62.1 Å².